The Morgan fingerprint density at radius 1 is 1.15 bits per heavy atom. The number of amides is 3. The summed E-state index contributed by atoms with van der Waals surface area (Å²) in [6.45, 7) is 0.274. The number of nitrogens with one attached hydrogen (secondary N) is 1. The van der Waals surface area contributed by atoms with Crippen LogP contribution in [0.1, 0.15) is 16.8 Å². The number of anilines is 2. The van der Waals surface area contributed by atoms with Crippen molar-refractivity contribution in [1.29, 1.82) is 0 Å². The molecule has 1 unspecified atom stereocenters. The average Bonchev–Trinajstić information content (AvgIpc) is 3.04. The fraction of sp³-hybridized carbons (Fsp3) is 0.211. The summed E-state index contributed by atoms with van der Waals surface area (Å²) in [6, 6.07) is 13.6. The number of nitrogens with zero attached hydrogens (tertiary/aromatic N) is 1. The molecule has 1 fully saturated rings. The van der Waals surface area contributed by atoms with Gasteiger partial charge in [-0.15, -0.1) is 0 Å². The lowest BCUT2D eigenvalue weighted by Gasteiger charge is -2.17. The summed E-state index contributed by atoms with van der Waals surface area (Å²) in [5.74, 6) is -0.881. The molecule has 1 saturated heterocycles. The molecule has 1 heterocycles. The monoisotopic (exact) mass is 353 g/mol. The van der Waals surface area contributed by atoms with E-state index in [-0.39, 0.29) is 30.3 Å². The van der Waals surface area contributed by atoms with Crippen LogP contribution in [-0.2, 0) is 9.59 Å². The van der Waals surface area contributed by atoms with Gasteiger partial charge in [0.2, 0.25) is 11.8 Å². The van der Waals surface area contributed by atoms with Crippen LogP contribution in [-0.4, -0.2) is 31.4 Å². The molecule has 7 nitrogen and oxygen atoms in total. The molecular weight excluding hydrogens is 334 g/mol. The van der Waals surface area contributed by atoms with E-state index >= 15 is 0 Å². The highest BCUT2D eigenvalue weighted by atomic mass is 16.5. The standard InChI is InChI=1S/C19H19N3O4/c1-26-14-8-6-13(7-9-14)22-11-12(10-17(22)23)19(25)21-16-5-3-2-4-15(16)18(20)24/h2-9,12H,10-11H2,1H3,(H2,20,24)(H,21,25). The third-order valence-corrected chi connectivity index (χ3v) is 4.33. The Bertz CT molecular complexity index is 848. The zero-order chi connectivity index (χ0) is 18.7. The minimum atomic E-state index is -0.622. The maximum absolute atomic E-state index is 12.6. The Morgan fingerprint density at radius 3 is 2.50 bits per heavy atom. The number of methoxy groups -OCH3 is 1. The van der Waals surface area contributed by atoms with Gasteiger partial charge >= 0.3 is 0 Å². The molecule has 3 rings (SSSR count). The summed E-state index contributed by atoms with van der Waals surface area (Å²) in [7, 11) is 1.57. The zero-order valence-electron chi connectivity index (χ0n) is 14.3. The molecule has 0 aromatic heterocycles. The second kappa shape index (κ2) is 7.26. The molecule has 1 aliphatic heterocycles. The van der Waals surface area contributed by atoms with E-state index in [9.17, 15) is 14.4 Å². The first-order valence-electron chi connectivity index (χ1n) is 8.13. The number of carbonyl (C=O) groups is 3. The summed E-state index contributed by atoms with van der Waals surface area (Å²) < 4.78 is 5.11. The maximum Gasteiger partial charge on any atom is 0.250 e. The predicted octanol–water partition coefficient (Wildman–Crippen LogP) is 1.79. The highest BCUT2D eigenvalue weighted by molar-refractivity contribution is 6.06. The van der Waals surface area contributed by atoms with Gasteiger partial charge in [0, 0.05) is 18.7 Å². The fourth-order valence-corrected chi connectivity index (χ4v) is 2.94. The van der Waals surface area contributed by atoms with Crippen molar-refractivity contribution in [1.82, 2.24) is 0 Å². The highest BCUT2D eigenvalue weighted by Crippen LogP contribution is 2.28. The van der Waals surface area contributed by atoms with Crippen LogP contribution in [0.4, 0.5) is 11.4 Å². The van der Waals surface area contributed by atoms with Crippen LogP contribution in [0.2, 0.25) is 0 Å². The lowest BCUT2D eigenvalue weighted by Crippen LogP contribution is -2.28. The summed E-state index contributed by atoms with van der Waals surface area (Å²) >= 11 is 0. The van der Waals surface area contributed by atoms with E-state index in [0.29, 0.717) is 17.1 Å². The summed E-state index contributed by atoms with van der Waals surface area (Å²) in [4.78, 5) is 37.9. The number of ether oxygens (including phenoxy) is 1. The van der Waals surface area contributed by atoms with Gasteiger partial charge in [0.1, 0.15) is 5.75 Å². The molecule has 0 spiro atoms. The molecule has 0 radical (unpaired) electrons. The normalized spacial score (nSPS) is 16.4. The molecule has 0 saturated carbocycles. The Morgan fingerprint density at radius 2 is 1.85 bits per heavy atom. The molecular formula is C19H19N3O4. The van der Waals surface area contributed by atoms with Crippen LogP contribution in [0.3, 0.4) is 0 Å². The van der Waals surface area contributed by atoms with Gasteiger partial charge in [0.25, 0.3) is 5.91 Å². The topological polar surface area (TPSA) is 102 Å². The smallest absolute Gasteiger partial charge is 0.250 e. The van der Waals surface area contributed by atoms with E-state index in [1.165, 1.54) is 0 Å². The molecule has 0 bridgehead atoms. The fourth-order valence-electron chi connectivity index (χ4n) is 2.94. The van der Waals surface area contributed by atoms with Gasteiger partial charge in [-0.25, -0.2) is 0 Å². The number of hydrogen-bond acceptors (Lipinski definition) is 4. The quantitative estimate of drug-likeness (QED) is 0.855. The van der Waals surface area contributed by atoms with Crippen LogP contribution in [0.15, 0.2) is 48.5 Å². The van der Waals surface area contributed by atoms with Gasteiger partial charge in [-0.1, -0.05) is 12.1 Å². The molecule has 1 aliphatic rings. The molecule has 2 aromatic rings. The third-order valence-electron chi connectivity index (χ3n) is 4.33. The Labute approximate surface area is 150 Å². The number of primary amides is 1. The van der Waals surface area contributed by atoms with E-state index in [0.717, 1.165) is 0 Å². The summed E-state index contributed by atoms with van der Waals surface area (Å²) in [5.41, 5.74) is 6.62. The van der Waals surface area contributed by atoms with Crippen molar-refractivity contribution in [2.24, 2.45) is 11.7 Å². The van der Waals surface area contributed by atoms with E-state index in [4.69, 9.17) is 10.5 Å². The number of para-hydroxylation sites is 1. The lowest BCUT2D eigenvalue weighted by atomic mass is 10.1. The predicted molar refractivity (Wildman–Crippen MR) is 97.0 cm³/mol. The van der Waals surface area contributed by atoms with Crippen molar-refractivity contribution < 1.29 is 19.1 Å². The van der Waals surface area contributed by atoms with Crippen LogP contribution in [0, 0.1) is 5.92 Å². The Balaban J connectivity index is 1.72. The van der Waals surface area contributed by atoms with E-state index < -0.39 is 11.8 Å². The highest BCUT2D eigenvalue weighted by Gasteiger charge is 2.35. The lowest BCUT2D eigenvalue weighted by molar-refractivity contribution is -0.122. The van der Waals surface area contributed by atoms with Gasteiger partial charge in [0.05, 0.1) is 24.3 Å². The first-order chi connectivity index (χ1) is 12.5. The molecule has 3 N–H and O–H groups in total. The second-order valence-electron chi connectivity index (χ2n) is 6.00. The SMILES string of the molecule is COc1ccc(N2CC(C(=O)Nc3ccccc3C(N)=O)CC2=O)cc1. The molecule has 1 atom stereocenters. The van der Waals surface area contributed by atoms with Gasteiger partial charge in [-0.2, -0.15) is 0 Å². The number of carbonyl (C=O) groups excluding carboxylic acids is 3. The van der Waals surface area contributed by atoms with Crippen molar-refractivity contribution >= 4 is 29.1 Å². The van der Waals surface area contributed by atoms with Gasteiger partial charge in [-0.3, -0.25) is 14.4 Å². The van der Waals surface area contributed by atoms with Crippen LogP contribution in [0.5, 0.6) is 5.75 Å². The van der Waals surface area contributed by atoms with Crippen LogP contribution in [0.25, 0.3) is 0 Å². The third kappa shape index (κ3) is 3.51. The largest absolute Gasteiger partial charge is 0.497 e. The number of benzene rings is 2. The number of nitrogens with two attached hydrogens (primary N) is 1. The van der Waals surface area contributed by atoms with E-state index in [1.54, 1.807) is 60.5 Å². The molecule has 26 heavy (non-hydrogen) atoms. The van der Waals surface area contributed by atoms with Crippen molar-refractivity contribution in [3.63, 3.8) is 0 Å². The van der Waals surface area contributed by atoms with E-state index in [2.05, 4.69) is 5.32 Å². The van der Waals surface area contributed by atoms with Crippen molar-refractivity contribution in [2.75, 3.05) is 23.9 Å². The van der Waals surface area contributed by atoms with Crippen molar-refractivity contribution in [2.45, 2.75) is 6.42 Å². The Hall–Kier alpha value is -3.35. The minimum absolute atomic E-state index is 0.108. The molecule has 7 heteroatoms. The summed E-state index contributed by atoms with van der Waals surface area (Å²) in [5, 5.41) is 2.71. The van der Waals surface area contributed by atoms with E-state index in [1.807, 2.05) is 0 Å². The first-order valence-corrected chi connectivity index (χ1v) is 8.13. The van der Waals surface area contributed by atoms with Crippen LogP contribution < -0.4 is 20.7 Å². The molecule has 134 valence electrons. The average molecular weight is 353 g/mol. The number of hydrogen-bond donors (Lipinski definition) is 2. The van der Waals surface area contributed by atoms with Crippen molar-refractivity contribution in [3.05, 3.63) is 54.1 Å². The van der Waals surface area contributed by atoms with Gasteiger partial charge < -0.3 is 20.7 Å². The number of rotatable bonds is 5. The maximum atomic E-state index is 12.6. The molecule has 3 amide bonds. The van der Waals surface area contributed by atoms with Gasteiger partial charge in [0.15, 0.2) is 0 Å². The molecule has 0 aliphatic carbocycles. The van der Waals surface area contributed by atoms with Gasteiger partial charge in [-0.05, 0) is 36.4 Å². The zero-order valence-corrected chi connectivity index (χ0v) is 14.3. The van der Waals surface area contributed by atoms with Crippen molar-refractivity contribution in [3.8, 4) is 5.75 Å². The molecule has 2 aromatic carbocycles. The first kappa shape index (κ1) is 17.5. The summed E-state index contributed by atoms with van der Waals surface area (Å²) in [6.07, 6.45) is 0.108. The Kier molecular flexibility index (Phi) is 4.88. The second-order valence-corrected chi connectivity index (χ2v) is 6.00. The minimum Gasteiger partial charge on any atom is -0.497 e. The van der Waals surface area contributed by atoms with Crippen LogP contribution >= 0.6 is 0 Å².